The molecule has 7 nitrogen and oxygen atoms in total. The molecule has 4 aromatic rings. The lowest BCUT2D eigenvalue weighted by Crippen LogP contribution is -2.34. The molecule has 1 aliphatic rings. The Balaban J connectivity index is 1.41. The Kier molecular flexibility index (Phi) is 4.80. The molecule has 2 atom stereocenters. The number of benzene rings is 2. The van der Waals surface area contributed by atoms with Crippen molar-refractivity contribution in [2.24, 2.45) is 11.7 Å². The summed E-state index contributed by atoms with van der Waals surface area (Å²) >= 11 is 0. The number of H-pyrrole nitrogens is 1. The van der Waals surface area contributed by atoms with E-state index in [1.807, 2.05) is 48.5 Å². The van der Waals surface area contributed by atoms with Gasteiger partial charge in [0, 0.05) is 34.6 Å². The number of aromatic amines is 1. The van der Waals surface area contributed by atoms with Crippen LogP contribution in [-0.2, 0) is 4.79 Å². The van der Waals surface area contributed by atoms with Crippen LogP contribution >= 0.6 is 0 Å². The highest BCUT2D eigenvalue weighted by atomic mass is 16.1. The molecule has 7 heteroatoms. The molecular weight excluding hydrogens is 376 g/mol. The maximum absolute atomic E-state index is 12.7. The van der Waals surface area contributed by atoms with Crippen LogP contribution in [0.25, 0.3) is 21.8 Å². The van der Waals surface area contributed by atoms with Crippen LogP contribution in [0, 0.1) is 5.92 Å². The largest absolute Gasteiger partial charge is 0.338 e. The molecule has 0 aliphatic heterocycles. The van der Waals surface area contributed by atoms with Crippen LogP contribution in [0.5, 0.6) is 0 Å². The number of nitrogens with two attached hydrogens (primary N) is 1. The zero-order valence-corrected chi connectivity index (χ0v) is 16.6. The summed E-state index contributed by atoms with van der Waals surface area (Å²) in [6.45, 7) is 0. The van der Waals surface area contributed by atoms with Crippen LogP contribution in [-0.4, -0.2) is 27.1 Å². The predicted molar refractivity (Wildman–Crippen MR) is 120 cm³/mol. The first-order valence-corrected chi connectivity index (χ1v) is 10.3. The molecule has 0 saturated heterocycles. The van der Waals surface area contributed by atoms with Gasteiger partial charge in [0.15, 0.2) is 5.82 Å². The molecule has 5 N–H and O–H groups in total. The number of hydrogen-bond acceptors (Lipinski definition) is 5. The summed E-state index contributed by atoms with van der Waals surface area (Å²) in [5.41, 5.74) is 9.55. The molecule has 2 aromatic heterocycles. The number of anilines is 3. The van der Waals surface area contributed by atoms with Gasteiger partial charge in [-0.15, -0.1) is 0 Å². The van der Waals surface area contributed by atoms with Crippen molar-refractivity contribution in [3.05, 3.63) is 54.7 Å². The number of hydrogen-bond donors (Lipinski definition) is 4. The number of nitrogens with one attached hydrogen (secondary N) is 3. The molecule has 1 aliphatic carbocycles. The third-order valence-electron chi connectivity index (χ3n) is 5.82. The van der Waals surface area contributed by atoms with Gasteiger partial charge in [0.25, 0.3) is 0 Å². The lowest BCUT2D eigenvalue weighted by atomic mass is 9.85. The van der Waals surface area contributed by atoms with E-state index in [4.69, 9.17) is 5.73 Å². The fraction of sp³-hybridized carbons (Fsp3) is 0.261. The Hall–Kier alpha value is -3.45. The Bertz CT molecular complexity index is 1210. The maximum atomic E-state index is 12.7. The Morgan fingerprint density at radius 3 is 2.90 bits per heavy atom. The molecule has 30 heavy (non-hydrogen) atoms. The molecule has 0 bridgehead atoms. The van der Waals surface area contributed by atoms with Gasteiger partial charge in [-0.05, 0) is 49.6 Å². The first kappa shape index (κ1) is 18.6. The fourth-order valence-electron chi connectivity index (χ4n) is 4.23. The predicted octanol–water partition coefficient (Wildman–Crippen LogP) is 4.31. The molecule has 2 heterocycles. The van der Waals surface area contributed by atoms with Gasteiger partial charge < -0.3 is 16.4 Å². The van der Waals surface area contributed by atoms with Gasteiger partial charge in [-0.2, -0.15) is 5.10 Å². The molecule has 1 amide bonds. The summed E-state index contributed by atoms with van der Waals surface area (Å²) < 4.78 is 0. The van der Waals surface area contributed by atoms with Crippen molar-refractivity contribution in [1.29, 1.82) is 0 Å². The average Bonchev–Trinajstić information content (AvgIpc) is 3.16. The number of carbonyl (C=O) groups is 1. The van der Waals surface area contributed by atoms with E-state index >= 15 is 0 Å². The lowest BCUT2D eigenvalue weighted by molar-refractivity contribution is -0.120. The van der Waals surface area contributed by atoms with Crippen LogP contribution in [0.15, 0.2) is 54.7 Å². The van der Waals surface area contributed by atoms with Crippen molar-refractivity contribution < 1.29 is 4.79 Å². The second-order valence-corrected chi connectivity index (χ2v) is 7.95. The fourth-order valence-corrected chi connectivity index (χ4v) is 4.23. The van der Waals surface area contributed by atoms with E-state index in [0.29, 0.717) is 5.82 Å². The van der Waals surface area contributed by atoms with Crippen molar-refractivity contribution in [3.8, 4) is 0 Å². The summed E-state index contributed by atoms with van der Waals surface area (Å²) in [7, 11) is 0. The maximum Gasteiger partial charge on any atom is 0.227 e. The number of pyridine rings is 1. The Morgan fingerprint density at radius 2 is 2.00 bits per heavy atom. The van der Waals surface area contributed by atoms with Gasteiger partial charge in [0.1, 0.15) is 0 Å². The summed E-state index contributed by atoms with van der Waals surface area (Å²) in [4.78, 5) is 17.1. The number of nitrogens with zero attached hydrogens (tertiary/aromatic N) is 2. The molecule has 2 aromatic carbocycles. The van der Waals surface area contributed by atoms with Gasteiger partial charge in [0.2, 0.25) is 5.91 Å². The number of aromatic nitrogens is 3. The van der Waals surface area contributed by atoms with E-state index in [1.165, 1.54) is 0 Å². The Labute approximate surface area is 174 Å². The second kappa shape index (κ2) is 7.76. The number of para-hydroxylation sites is 1. The molecular formula is C23H24N6O. The van der Waals surface area contributed by atoms with Crippen molar-refractivity contribution in [2.75, 3.05) is 10.6 Å². The highest BCUT2D eigenvalue weighted by molar-refractivity contribution is 6.00. The molecule has 152 valence electrons. The van der Waals surface area contributed by atoms with Crippen molar-refractivity contribution in [3.63, 3.8) is 0 Å². The number of rotatable bonds is 4. The SMILES string of the molecule is NC1CCCC(C(=O)Nc2ccc3[nH]nc(Nc4ccnc5ccccc45)c3c2)C1. The highest BCUT2D eigenvalue weighted by Crippen LogP contribution is 2.30. The smallest absolute Gasteiger partial charge is 0.227 e. The molecule has 0 radical (unpaired) electrons. The zero-order chi connectivity index (χ0) is 20.5. The number of fused-ring (bicyclic) bond motifs is 2. The normalized spacial score (nSPS) is 19.1. The minimum absolute atomic E-state index is 0.0189. The van der Waals surface area contributed by atoms with E-state index in [9.17, 15) is 4.79 Å². The van der Waals surface area contributed by atoms with Crippen LogP contribution in [0.3, 0.4) is 0 Å². The lowest BCUT2D eigenvalue weighted by Gasteiger charge is -2.25. The molecule has 1 fully saturated rings. The van der Waals surface area contributed by atoms with Gasteiger partial charge in [-0.25, -0.2) is 0 Å². The topological polar surface area (TPSA) is 109 Å². The van der Waals surface area contributed by atoms with Crippen molar-refractivity contribution in [2.45, 2.75) is 31.7 Å². The minimum atomic E-state index is -0.0189. The van der Waals surface area contributed by atoms with Gasteiger partial charge >= 0.3 is 0 Å². The number of amides is 1. The summed E-state index contributed by atoms with van der Waals surface area (Å²) in [6, 6.07) is 15.8. The van der Waals surface area contributed by atoms with Crippen molar-refractivity contribution in [1.82, 2.24) is 15.2 Å². The molecule has 0 spiro atoms. The van der Waals surface area contributed by atoms with Gasteiger partial charge in [0.05, 0.1) is 16.7 Å². The number of carbonyl (C=O) groups excluding carboxylic acids is 1. The quantitative estimate of drug-likeness (QED) is 0.408. The first-order chi connectivity index (χ1) is 14.7. The zero-order valence-electron chi connectivity index (χ0n) is 16.6. The molecule has 1 saturated carbocycles. The van der Waals surface area contributed by atoms with Crippen LogP contribution in [0.4, 0.5) is 17.2 Å². The van der Waals surface area contributed by atoms with E-state index < -0.39 is 0 Å². The van der Waals surface area contributed by atoms with Gasteiger partial charge in [-0.1, -0.05) is 24.6 Å². The average molecular weight is 400 g/mol. The first-order valence-electron chi connectivity index (χ1n) is 10.3. The highest BCUT2D eigenvalue weighted by Gasteiger charge is 2.25. The van der Waals surface area contributed by atoms with Crippen LogP contribution < -0.4 is 16.4 Å². The minimum Gasteiger partial charge on any atom is -0.338 e. The van der Waals surface area contributed by atoms with E-state index in [1.54, 1.807) is 6.20 Å². The molecule has 5 rings (SSSR count). The van der Waals surface area contributed by atoms with E-state index in [0.717, 1.165) is 58.9 Å². The van der Waals surface area contributed by atoms with Crippen LogP contribution in [0.2, 0.25) is 0 Å². The summed E-state index contributed by atoms with van der Waals surface area (Å²) in [6.07, 6.45) is 5.44. The van der Waals surface area contributed by atoms with Crippen molar-refractivity contribution >= 4 is 44.9 Å². The third-order valence-corrected chi connectivity index (χ3v) is 5.82. The monoisotopic (exact) mass is 400 g/mol. The second-order valence-electron chi connectivity index (χ2n) is 7.95. The molecule has 2 unspecified atom stereocenters. The van der Waals surface area contributed by atoms with E-state index in [2.05, 4.69) is 25.8 Å². The van der Waals surface area contributed by atoms with Crippen LogP contribution in [0.1, 0.15) is 25.7 Å². The summed E-state index contributed by atoms with van der Waals surface area (Å²) in [5.74, 6) is 0.731. The standard InChI is InChI=1S/C23H24N6O/c24-15-5-3-4-14(12-15)23(30)26-16-8-9-21-18(13-16)22(29-28-21)27-20-10-11-25-19-7-2-1-6-17(19)20/h1-2,6-11,13-15H,3-5,12,24H2,(H,26,30)(H2,25,27,28,29). The van der Waals surface area contributed by atoms with Gasteiger partial charge in [-0.3, -0.25) is 14.9 Å². The van der Waals surface area contributed by atoms with E-state index in [-0.39, 0.29) is 17.9 Å². The third kappa shape index (κ3) is 3.59. The Morgan fingerprint density at radius 1 is 1.10 bits per heavy atom. The summed E-state index contributed by atoms with van der Waals surface area (Å²) in [5, 5.41) is 15.9.